The van der Waals surface area contributed by atoms with Crippen molar-refractivity contribution >= 4 is 11.9 Å². The number of rotatable bonds is 3. The fraction of sp³-hybridized carbons (Fsp3) is 0.818. The molecule has 1 saturated heterocycles. The van der Waals surface area contributed by atoms with Gasteiger partial charge in [0.15, 0.2) is 0 Å². The lowest BCUT2D eigenvalue weighted by molar-refractivity contribution is -0.125. The highest BCUT2D eigenvalue weighted by Gasteiger charge is 2.28. The molecule has 3 amide bonds. The predicted molar refractivity (Wildman–Crippen MR) is 62.5 cm³/mol. The summed E-state index contributed by atoms with van der Waals surface area (Å²) in [4.78, 5) is 24.5. The number of amides is 3. The van der Waals surface area contributed by atoms with E-state index in [0.717, 1.165) is 25.8 Å². The number of hydrogen-bond donors (Lipinski definition) is 2. The van der Waals surface area contributed by atoms with Crippen molar-refractivity contribution in [1.29, 1.82) is 0 Å². The molecule has 1 aliphatic rings. The molecule has 0 aromatic heterocycles. The number of imide groups is 1. The Morgan fingerprint density at radius 2 is 2.00 bits per heavy atom. The van der Waals surface area contributed by atoms with Crippen LogP contribution in [0, 0.1) is 0 Å². The zero-order valence-corrected chi connectivity index (χ0v) is 10.7. The molecule has 8 heteroatoms. The average molecular weight is 281 g/mol. The number of halogens is 3. The molecule has 2 N–H and O–H groups in total. The van der Waals surface area contributed by atoms with Crippen molar-refractivity contribution in [2.24, 2.45) is 0 Å². The van der Waals surface area contributed by atoms with Crippen LogP contribution in [-0.4, -0.2) is 48.7 Å². The smallest absolute Gasteiger partial charge is 0.329 e. The van der Waals surface area contributed by atoms with E-state index >= 15 is 0 Å². The van der Waals surface area contributed by atoms with Crippen LogP contribution in [-0.2, 0) is 4.79 Å². The summed E-state index contributed by atoms with van der Waals surface area (Å²) in [5.41, 5.74) is 0. The van der Waals surface area contributed by atoms with Crippen LogP contribution < -0.4 is 10.6 Å². The minimum Gasteiger partial charge on any atom is -0.329 e. The summed E-state index contributed by atoms with van der Waals surface area (Å²) in [7, 11) is 0. The number of alkyl halides is 3. The van der Waals surface area contributed by atoms with Gasteiger partial charge in [-0.2, -0.15) is 13.2 Å². The van der Waals surface area contributed by atoms with Gasteiger partial charge in [0.25, 0.3) is 0 Å². The molecule has 19 heavy (non-hydrogen) atoms. The minimum absolute atomic E-state index is 0.0284. The summed E-state index contributed by atoms with van der Waals surface area (Å²) in [6.45, 7) is 1.32. The molecule has 1 fully saturated rings. The number of piperidine rings is 1. The number of carbonyl (C=O) groups is 2. The molecule has 1 atom stereocenters. The molecular formula is C11H18F3N3O2. The molecule has 110 valence electrons. The molecule has 1 heterocycles. The van der Waals surface area contributed by atoms with Gasteiger partial charge in [-0.3, -0.25) is 15.0 Å². The van der Waals surface area contributed by atoms with Gasteiger partial charge in [-0.1, -0.05) is 6.42 Å². The first kappa shape index (κ1) is 15.7. The van der Waals surface area contributed by atoms with Crippen LogP contribution in [0.2, 0.25) is 0 Å². The van der Waals surface area contributed by atoms with Gasteiger partial charge in [-0.25, -0.2) is 4.79 Å². The highest BCUT2D eigenvalue weighted by Crippen LogP contribution is 2.15. The monoisotopic (exact) mass is 281 g/mol. The molecule has 1 rings (SSSR count). The Morgan fingerprint density at radius 1 is 1.32 bits per heavy atom. The van der Waals surface area contributed by atoms with Crippen LogP contribution in [0.25, 0.3) is 0 Å². The van der Waals surface area contributed by atoms with Crippen LogP contribution >= 0.6 is 0 Å². The molecule has 0 radical (unpaired) electrons. The number of urea groups is 1. The van der Waals surface area contributed by atoms with Crippen LogP contribution in [0.15, 0.2) is 0 Å². The Labute approximate surface area is 109 Å². The van der Waals surface area contributed by atoms with Crippen molar-refractivity contribution in [3.63, 3.8) is 0 Å². The molecule has 0 bridgehead atoms. The maximum Gasteiger partial charge on any atom is 0.405 e. The van der Waals surface area contributed by atoms with Crippen molar-refractivity contribution in [1.82, 2.24) is 15.5 Å². The van der Waals surface area contributed by atoms with Crippen LogP contribution in [0.4, 0.5) is 18.0 Å². The SMILES string of the molecule is C[C@@H]1CCCCN1CC(=O)NC(=O)NCC(F)(F)F. The summed E-state index contributed by atoms with van der Waals surface area (Å²) in [6.07, 6.45) is -1.42. The Bertz CT molecular complexity index is 334. The van der Waals surface area contributed by atoms with Gasteiger partial charge in [0, 0.05) is 6.04 Å². The van der Waals surface area contributed by atoms with E-state index < -0.39 is 24.7 Å². The van der Waals surface area contributed by atoms with Crippen molar-refractivity contribution in [2.75, 3.05) is 19.6 Å². The maximum atomic E-state index is 11.8. The average Bonchev–Trinajstić information content (AvgIpc) is 2.29. The third kappa shape index (κ3) is 6.42. The molecule has 0 aromatic carbocycles. The van der Waals surface area contributed by atoms with Crippen molar-refractivity contribution in [3.05, 3.63) is 0 Å². The van der Waals surface area contributed by atoms with Crippen molar-refractivity contribution < 1.29 is 22.8 Å². The Hall–Kier alpha value is -1.31. The first-order valence-corrected chi connectivity index (χ1v) is 6.16. The molecular weight excluding hydrogens is 263 g/mol. The van der Waals surface area contributed by atoms with Crippen LogP contribution in [0.1, 0.15) is 26.2 Å². The van der Waals surface area contributed by atoms with E-state index in [1.54, 1.807) is 5.32 Å². The van der Waals surface area contributed by atoms with Gasteiger partial charge < -0.3 is 5.32 Å². The fourth-order valence-corrected chi connectivity index (χ4v) is 1.97. The molecule has 1 aliphatic heterocycles. The fourth-order valence-electron chi connectivity index (χ4n) is 1.97. The zero-order chi connectivity index (χ0) is 14.5. The Balaban J connectivity index is 2.28. The number of nitrogens with zero attached hydrogens (tertiary/aromatic N) is 1. The topological polar surface area (TPSA) is 61.4 Å². The Kier molecular flexibility index (Phi) is 5.59. The van der Waals surface area contributed by atoms with E-state index in [0.29, 0.717) is 0 Å². The second-order valence-corrected chi connectivity index (χ2v) is 4.66. The lowest BCUT2D eigenvalue weighted by Crippen LogP contribution is -2.49. The number of nitrogens with one attached hydrogen (secondary N) is 2. The minimum atomic E-state index is -4.48. The quantitative estimate of drug-likeness (QED) is 0.818. The predicted octanol–water partition coefficient (Wildman–Crippen LogP) is 1.25. The van der Waals surface area contributed by atoms with E-state index in [1.165, 1.54) is 0 Å². The Morgan fingerprint density at radius 3 is 2.58 bits per heavy atom. The summed E-state index contributed by atoms with van der Waals surface area (Å²) < 4.78 is 35.5. The van der Waals surface area contributed by atoms with Gasteiger partial charge in [0.1, 0.15) is 6.54 Å². The summed E-state index contributed by atoms with van der Waals surface area (Å²) in [5, 5.41) is 3.48. The second-order valence-electron chi connectivity index (χ2n) is 4.66. The highest BCUT2D eigenvalue weighted by atomic mass is 19.4. The molecule has 0 aliphatic carbocycles. The van der Waals surface area contributed by atoms with Crippen LogP contribution in [0.5, 0.6) is 0 Å². The van der Waals surface area contributed by atoms with E-state index in [2.05, 4.69) is 0 Å². The van der Waals surface area contributed by atoms with Crippen molar-refractivity contribution in [3.8, 4) is 0 Å². The molecule has 0 spiro atoms. The van der Waals surface area contributed by atoms with E-state index in [-0.39, 0.29) is 12.6 Å². The van der Waals surface area contributed by atoms with Gasteiger partial charge >= 0.3 is 12.2 Å². The molecule has 0 unspecified atom stereocenters. The lowest BCUT2D eigenvalue weighted by atomic mass is 10.0. The standard InChI is InChI=1S/C11H18F3N3O2/c1-8-4-2-3-5-17(8)6-9(18)16-10(19)15-7-11(12,13)14/h8H,2-7H2,1H3,(H2,15,16,18,19)/t8-/m1/s1. The first-order valence-electron chi connectivity index (χ1n) is 6.16. The van der Waals surface area contributed by atoms with Crippen LogP contribution in [0.3, 0.4) is 0 Å². The van der Waals surface area contributed by atoms with E-state index in [9.17, 15) is 22.8 Å². The molecule has 5 nitrogen and oxygen atoms in total. The van der Waals surface area contributed by atoms with Gasteiger partial charge in [0.05, 0.1) is 6.54 Å². The van der Waals surface area contributed by atoms with Gasteiger partial charge in [-0.15, -0.1) is 0 Å². The largest absolute Gasteiger partial charge is 0.405 e. The van der Waals surface area contributed by atoms with E-state index in [1.807, 2.05) is 17.1 Å². The summed E-state index contributed by atoms with van der Waals surface area (Å²) in [6, 6.07) is -0.871. The van der Waals surface area contributed by atoms with E-state index in [4.69, 9.17) is 0 Å². The summed E-state index contributed by atoms with van der Waals surface area (Å²) >= 11 is 0. The number of carbonyl (C=O) groups excluding carboxylic acids is 2. The third-order valence-corrected chi connectivity index (χ3v) is 2.99. The zero-order valence-electron chi connectivity index (χ0n) is 10.7. The maximum absolute atomic E-state index is 11.8. The van der Waals surface area contributed by atoms with Crippen molar-refractivity contribution in [2.45, 2.75) is 38.4 Å². The third-order valence-electron chi connectivity index (χ3n) is 2.99. The molecule has 0 saturated carbocycles. The van der Waals surface area contributed by atoms with Gasteiger partial charge in [-0.05, 0) is 26.3 Å². The summed E-state index contributed by atoms with van der Waals surface area (Å²) in [5.74, 6) is -0.589. The normalized spacial score (nSPS) is 20.9. The lowest BCUT2D eigenvalue weighted by Gasteiger charge is -2.32. The number of likely N-dealkylation sites (tertiary alicyclic amines) is 1. The first-order chi connectivity index (χ1) is 8.78. The number of hydrogen-bond acceptors (Lipinski definition) is 3. The second kappa shape index (κ2) is 6.74. The highest BCUT2D eigenvalue weighted by molar-refractivity contribution is 5.95. The molecule has 0 aromatic rings. The van der Waals surface area contributed by atoms with Gasteiger partial charge in [0.2, 0.25) is 5.91 Å².